The van der Waals surface area contributed by atoms with Gasteiger partial charge >= 0.3 is 0 Å². The zero-order chi connectivity index (χ0) is 20.3. The van der Waals surface area contributed by atoms with E-state index < -0.39 is 8.32 Å². The molecule has 0 aromatic rings. The van der Waals surface area contributed by atoms with Crippen LogP contribution in [0, 0.1) is 5.92 Å². The average Bonchev–Trinajstić information content (AvgIpc) is 3.23. The zero-order valence-corrected chi connectivity index (χ0v) is 20.8. The fourth-order valence-corrected chi connectivity index (χ4v) is 13.1. The largest absolute Gasteiger partial charge is 0.518 e. The van der Waals surface area contributed by atoms with Crippen LogP contribution in [0.4, 0.5) is 0 Å². The van der Waals surface area contributed by atoms with E-state index in [4.69, 9.17) is 8.85 Å². The SMILES string of the molecule is CC(C[Si]OC(C)(C)C)C(=O)O[Si](C1CCCC1)(C1CCCC1)C(C)(C)C. The topological polar surface area (TPSA) is 35.5 Å². The molecule has 2 rings (SSSR count). The van der Waals surface area contributed by atoms with E-state index in [1.54, 1.807) is 0 Å². The first-order valence-electron chi connectivity index (χ1n) is 11.1. The Hall–Kier alpha value is -0.136. The van der Waals surface area contributed by atoms with E-state index in [9.17, 15) is 4.79 Å². The molecule has 156 valence electrons. The summed E-state index contributed by atoms with van der Waals surface area (Å²) in [5.74, 6) is -0.0110. The van der Waals surface area contributed by atoms with Gasteiger partial charge < -0.3 is 8.85 Å². The van der Waals surface area contributed by atoms with Crippen LogP contribution in [0.5, 0.6) is 0 Å². The van der Waals surface area contributed by atoms with Crippen LogP contribution < -0.4 is 0 Å². The summed E-state index contributed by atoms with van der Waals surface area (Å²) in [6, 6.07) is 0.778. The molecular formula is C22H42O3Si2. The van der Waals surface area contributed by atoms with Gasteiger partial charge in [0.2, 0.25) is 9.76 Å². The van der Waals surface area contributed by atoms with Crippen LogP contribution in [0.3, 0.4) is 0 Å². The van der Waals surface area contributed by atoms with E-state index in [1.165, 1.54) is 51.4 Å². The van der Waals surface area contributed by atoms with Gasteiger partial charge in [-0.3, -0.25) is 4.79 Å². The van der Waals surface area contributed by atoms with Gasteiger partial charge in [-0.25, -0.2) is 0 Å². The van der Waals surface area contributed by atoms with Gasteiger partial charge in [-0.2, -0.15) is 0 Å². The second-order valence-corrected chi connectivity index (χ2v) is 16.7. The van der Waals surface area contributed by atoms with Gasteiger partial charge in [0.1, 0.15) is 0 Å². The van der Waals surface area contributed by atoms with Crippen molar-refractivity contribution in [3.05, 3.63) is 0 Å². The van der Waals surface area contributed by atoms with Gasteiger partial charge in [0.05, 0.1) is 5.92 Å². The van der Waals surface area contributed by atoms with Crippen LogP contribution >= 0.6 is 0 Å². The molecule has 2 fully saturated rings. The molecule has 27 heavy (non-hydrogen) atoms. The lowest BCUT2D eigenvalue weighted by atomic mass is 10.2. The van der Waals surface area contributed by atoms with E-state index in [1.807, 2.05) is 6.92 Å². The van der Waals surface area contributed by atoms with Crippen molar-refractivity contribution in [2.24, 2.45) is 5.92 Å². The molecule has 0 N–H and O–H groups in total. The Kier molecular flexibility index (Phi) is 7.82. The lowest BCUT2D eigenvalue weighted by Crippen LogP contribution is -2.56. The molecule has 0 amide bonds. The third kappa shape index (κ3) is 5.69. The highest BCUT2D eigenvalue weighted by Gasteiger charge is 2.60. The monoisotopic (exact) mass is 410 g/mol. The van der Waals surface area contributed by atoms with E-state index in [0.717, 1.165) is 6.04 Å². The summed E-state index contributed by atoms with van der Waals surface area (Å²) >= 11 is 0. The Morgan fingerprint density at radius 2 is 1.41 bits per heavy atom. The first-order chi connectivity index (χ1) is 12.5. The van der Waals surface area contributed by atoms with Gasteiger partial charge in [-0.1, -0.05) is 53.4 Å². The van der Waals surface area contributed by atoms with Crippen molar-refractivity contribution in [2.75, 3.05) is 0 Å². The Balaban J connectivity index is 2.16. The lowest BCUT2D eigenvalue weighted by Gasteiger charge is -2.49. The van der Waals surface area contributed by atoms with E-state index in [2.05, 4.69) is 41.5 Å². The summed E-state index contributed by atoms with van der Waals surface area (Å²) in [7, 11) is -1.86. The summed E-state index contributed by atoms with van der Waals surface area (Å²) < 4.78 is 12.6. The molecule has 0 heterocycles. The Bertz CT molecular complexity index is 465. The van der Waals surface area contributed by atoms with Crippen LogP contribution in [0.2, 0.25) is 22.2 Å². The molecule has 0 bridgehead atoms. The molecule has 1 unspecified atom stereocenters. The minimum atomic E-state index is -2.22. The van der Waals surface area contributed by atoms with Gasteiger partial charge in [-0.05, 0) is 68.6 Å². The maximum absolute atomic E-state index is 13.2. The van der Waals surface area contributed by atoms with E-state index >= 15 is 0 Å². The van der Waals surface area contributed by atoms with Crippen molar-refractivity contribution in [3.63, 3.8) is 0 Å². The van der Waals surface area contributed by atoms with Crippen LogP contribution in [-0.4, -0.2) is 29.7 Å². The van der Waals surface area contributed by atoms with Gasteiger partial charge in [-0.15, -0.1) is 0 Å². The fourth-order valence-electron chi connectivity index (χ4n) is 5.32. The molecular weight excluding hydrogens is 368 g/mol. The van der Waals surface area contributed by atoms with Crippen molar-refractivity contribution in [1.29, 1.82) is 0 Å². The third-order valence-corrected chi connectivity index (χ3v) is 14.5. The molecule has 2 radical (unpaired) electrons. The summed E-state index contributed by atoms with van der Waals surface area (Å²) in [5, 5.41) is 0.108. The Morgan fingerprint density at radius 1 is 0.963 bits per heavy atom. The van der Waals surface area contributed by atoms with Crippen LogP contribution in [-0.2, 0) is 13.6 Å². The van der Waals surface area contributed by atoms with E-state index in [0.29, 0.717) is 20.8 Å². The minimum absolute atomic E-state index is 0.0559. The second-order valence-electron chi connectivity index (χ2n) is 10.9. The van der Waals surface area contributed by atoms with Crippen LogP contribution in [0.15, 0.2) is 0 Å². The standard InChI is InChI=1S/C22H42O3Si2/c1-17(16-26-25-21(2,3)4)20(23)24-27(22(5,6)7,18-12-8-9-13-18)19-14-10-11-15-19/h17-19H,8-16H2,1-7H3. The van der Waals surface area contributed by atoms with Crippen molar-refractivity contribution in [2.45, 2.75) is 128 Å². The highest BCUT2D eigenvalue weighted by molar-refractivity contribution is 6.80. The van der Waals surface area contributed by atoms with Crippen molar-refractivity contribution < 1.29 is 13.6 Å². The normalized spacial score (nSPS) is 21.6. The maximum Gasteiger partial charge on any atom is 0.295 e. The molecule has 0 aliphatic heterocycles. The van der Waals surface area contributed by atoms with Crippen molar-refractivity contribution >= 4 is 24.0 Å². The maximum atomic E-state index is 13.2. The molecule has 2 aliphatic carbocycles. The molecule has 1 atom stereocenters. The first-order valence-corrected chi connectivity index (χ1v) is 14.3. The van der Waals surface area contributed by atoms with Gasteiger partial charge in [0.25, 0.3) is 14.3 Å². The number of carbonyl (C=O) groups is 1. The molecule has 2 saturated carbocycles. The number of hydrogen-bond donors (Lipinski definition) is 0. The molecule has 0 aromatic carbocycles. The lowest BCUT2D eigenvalue weighted by molar-refractivity contribution is -0.139. The number of rotatable bonds is 7. The highest BCUT2D eigenvalue weighted by atomic mass is 28.4. The van der Waals surface area contributed by atoms with Crippen molar-refractivity contribution in [3.8, 4) is 0 Å². The predicted octanol–water partition coefficient (Wildman–Crippen LogP) is 6.65. The number of carbonyl (C=O) groups excluding carboxylic acids is 1. The zero-order valence-electron chi connectivity index (χ0n) is 18.8. The van der Waals surface area contributed by atoms with Gasteiger partial charge in [0, 0.05) is 5.60 Å². The minimum Gasteiger partial charge on any atom is -0.518 e. The van der Waals surface area contributed by atoms with Crippen LogP contribution in [0.1, 0.15) is 99.8 Å². The molecule has 0 aromatic heterocycles. The summed E-state index contributed by atoms with van der Waals surface area (Å²) in [5.41, 5.74) is 1.18. The fraction of sp³-hybridized carbons (Fsp3) is 0.955. The van der Waals surface area contributed by atoms with Crippen LogP contribution in [0.25, 0.3) is 0 Å². The molecule has 3 nitrogen and oxygen atoms in total. The smallest absolute Gasteiger partial charge is 0.295 e. The quantitative estimate of drug-likeness (QED) is 0.441. The van der Waals surface area contributed by atoms with Gasteiger partial charge in [0.15, 0.2) is 0 Å². The average molecular weight is 411 g/mol. The second kappa shape index (κ2) is 9.12. The predicted molar refractivity (Wildman–Crippen MR) is 117 cm³/mol. The Labute approximate surface area is 171 Å². The van der Waals surface area contributed by atoms with Crippen molar-refractivity contribution in [1.82, 2.24) is 0 Å². The summed E-state index contributed by atoms with van der Waals surface area (Å²) in [4.78, 5) is 13.2. The third-order valence-electron chi connectivity index (χ3n) is 6.54. The van der Waals surface area contributed by atoms with E-state index in [-0.39, 0.29) is 22.5 Å². The molecule has 0 spiro atoms. The molecule has 0 saturated heterocycles. The molecule has 2 aliphatic rings. The Morgan fingerprint density at radius 3 is 1.78 bits per heavy atom. The first kappa shape index (κ1) is 23.1. The summed E-state index contributed by atoms with van der Waals surface area (Å²) in [6.07, 6.45) is 10.4. The number of hydrogen-bond acceptors (Lipinski definition) is 3. The summed E-state index contributed by atoms with van der Waals surface area (Å²) in [6.45, 7) is 15.3. The molecule has 5 heteroatoms. The highest BCUT2D eigenvalue weighted by Crippen LogP contribution is 2.60.